The fraction of sp³-hybridized carbons (Fsp3) is 0.182. The highest BCUT2D eigenvalue weighted by Gasteiger charge is 2.05. The average Bonchev–Trinajstić information content (AvgIpc) is 2.64. The van der Waals surface area contributed by atoms with Crippen molar-refractivity contribution in [2.45, 2.75) is 19.8 Å². The number of carbonyl (C=O) groups is 1. The van der Waals surface area contributed by atoms with Gasteiger partial charge in [-0.15, -0.1) is 0 Å². The summed E-state index contributed by atoms with van der Waals surface area (Å²) in [5.74, 6) is 0.764. The largest absolute Gasteiger partial charge is 0.370 e. The molecular formula is C22H23N3O. The van der Waals surface area contributed by atoms with Crippen LogP contribution in [0.5, 0.6) is 0 Å². The minimum absolute atomic E-state index is 0.0396. The van der Waals surface area contributed by atoms with Crippen molar-refractivity contribution in [3.05, 3.63) is 89.6 Å². The summed E-state index contributed by atoms with van der Waals surface area (Å²) in [5.41, 5.74) is 4.16. The van der Waals surface area contributed by atoms with Gasteiger partial charge in [0.1, 0.15) is 5.82 Å². The maximum Gasteiger partial charge on any atom is 0.228 e. The van der Waals surface area contributed by atoms with E-state index in [2.05, 4.69) is 27.8 Å². The van der Waals surface area contributed by atoms with Crippen LogP contribution in [0.2, 0.25) is 0 Å². The molecule has 4 nitrogen and oxygen atoms in total. The van der Waals surface area contributed by atoms with Gasteiger partial charge < -0.3 is 10.6 Å². The van der Waals surface area contributed by atoms with Gasteiger partial charge in [0, 0.05) is 6.54 Å². The Morgan fingerprint density at radius 3 is 2.50 bits per heavy atom. The predicted octanol–water partition coefficient (Wildman–Crippen LogP) is 4.23. The molecule has 0 fully saturated rings. The lowest BCUT2D eigenvalue weighted by Crippen LogP contribution is -2.14. The van der Waals surface area contributed by atoms with E-state index in [1.165, 1.54) is 5.56 Å². The fourth-order valence-corrected chi connectivity index (χ4v) is 2.76. The van der Waals surface area contributed by atoms with Crippen molar-refractivity contribution in [1.82, 2.24) is 4.98 Å². The van der Waals surface area contributed by atoms with Gasteiger partial charge in [-0.25, -0.2) is 4.98 Å². The Bertz CT molecular complexity index is 845. The number of hydrogen-bond acceptors (Lipinski definition) is 3. The van der Waals surface area contributed by atoms with E-state index in [0.717, 1.165) is 29.9 Å². The Balaban J connectivity index is 1.47. The minimum Gasteiger partial charge on any atom is -0.370 e. The van der Waals surface area contributed by atoms with Crippen LogP contribution >= 0.6 is 0 Å². The first-order chi connectivity index (χ1) is 12.7. The van der Waals surface area contributed by atoms with Gasteiger partial charge in [0.25, 0.3) is 0 Å². The Kier molecular flexibility index (Phi) is 5.99. The molecule has 0 saturated heterocycles. The van der Waals surface area contributed by atoms with Gasteiger partial charge in [-0.2, -0.15) is 0 Å². The highest BCUT2D eigenvalue weighted by atomic mass is 16.1. The van der Waals surface area contributed by atoms with Crippen LogP contribution in [0.25, 0.3) is 0 Å². The van der Waals surface area contributed by atoms with Gasteiger partial charge in [-0.3, -0.25) is 4.79 Å². The Hall–Kier alpha value is -3.14. The molecule has 2 N–H and O–H groups in total. The molecule has 0 saturated carbocycles. The van der Waals surface area contributed by atoms with Crippen LogP contribution in [0.4, 0.5) is 11.5 Å². The fourth-order valence-electron chi connectivity index (χ4n) is 2.76. The summed E-state index contributed by atoms with van der Waals surface area (Å²) in [6, 6.07) is 22.1. The molecule has 1 amide bonds. The molecule has 0 aliphatic heterocycles. The Morgan fingerprint density at radius 2 is 1.77 bits per heavy atom. The highest BCUT2D eigenvalue weighted by Crippen LogP contribution is 2.11. The van der Waals surface area contributed by atoms with E-state index in [4.69, 9.17) is 0 Å². The summed E-state index contributed by atoms with van der Waals surface area (Å²) in [6.45, 7) is 2.84. The standard InChI is InChI=1S/C22H23N3O/c1-17-6-5-9-19(14-17)15-22(26)25-20-10-11-21(24-16-20)23-13-12-18-7-3-2-4-8-18/h2-11,14,16H,12-13,15H2,1H3,(H,23,24)(H,25,26). The molecule has 0 atom stereocenters. The van der Waals surface area contributed by atoms with E-state index in [-0.39, 0.29) is 5.91 Å². The van der Waals surface area contributed by atoms with E-state index in [9.17, 15) is 4.79 Å². The molecule has 3 rings (SSSR count). The number of anilines is 2. The van der Waals surface area contributed by atoms with Crippen LogP contribution in [-0.2, 0) is 17.6 Å². The normalized spacial score (nSPS) is 10.3. The van der Waals surface area contributed by atoms with Crippen molar-refractivity contribution in [1.29, 1.82) is 0 Å². The first-order valence-electron chi connectivity index (χ1n) is 8.78. The SMILES string of the molecule is Cc1cccc(CC(=O)Nc2ccc(NCCc3ccccc3)nc2)c1. The van der Waals surface area contributed by atoms with Crippen molar-refractivity contribution in [3.8, 4) is 0 Å². The lowest BCUT2D eigenvalue weighted by Gasteiger charge is -2.08. The van der Waals surface area contributed by atoms with Crippen LogP contribution in [0.3, 0.4) is 0 Å². The van der Waals surface area contributed by atoms with Crippen molar-refractivity contribution in [2.75, 3.05) is 17.2 Å². The monoisotopic (exact) mass is 345 g/mol. The van der Waals surface area contributed by atoms with Crippen LogP contribution in [0, 0.1) is 6.92 Å². The van der Waals surface area contributed by atoms with Crippen LogP contribution in [0.15, 0.2) is 72.9 Å². The number of carbonyl (C=O) groups excluding carboxylic acids is 1. The molecule has 0 unspecified atom stereocenters. The highest BCUT2D eigenvalue weighted by molar-refractivity contribution is 5.92. The summed E-state index contributed by atoms with van der Waals surface area (Å²) >= 11 is 0. The maximum atomic E-state index is 12.2. The number of amides is 1. The molecule has 4 heteroatoms. The second-order valence-corrected chi connectivity index (χ2v) is 6.31. The smallest absolute Gasteiger partial charge is 0.228 e. The van der Waals surface area contributed by atoms with Crippen LogP contribution < -0.4 is 10.6 Å². The number of nitrogens with zero attached hydrogens (tertiary/aromatic N) is 1. The lowest BCUT2D eigenvalue weighted by atomic mass is 10.1. The number of pyridine rings is 1. The van der Waals surface area contributed by atoms with Crippen molar-refractivity contribution >= 4 is 17.4 Å². The quantitative estimate of drug-likeness (QED) is 0.674. The predicted molar refractivity (Wildman–Crippen MR) is 106 cm³/mol. The molecule has 3 aromatic rings. The van der Waals surface area contributed by atoms with E-state index >= 15 is 0 Å². The van der Waals surface area contributed by atoms with Gasteiger partial charge in [-0.1, -0.05) is 60.2 Å². The number of hydrogen-bond donors (Lipinski definition) is 2. The molecule has 1 aromatic heterocycles. The molecule has 0 aliphatic carbocycles. The summed E-state index contributed by atoms with van der Waals surface area (Å²) in [5, 5.41) is 6.19. The third-order valence-electron chi connectivity index (χ3n) is 4.06. The van der Waals surface area contributed by atoms with Gasteiger partial charge >= 0.3 is 0 Å². The minimum atomic E-state index is -0.0396. The van der Waals surface area contributed by atoms with Gasteiger partial charge in [0.2, 0.25) is 5.91 Å². The first-order valence-corrected chi connectivity index (χ1v) is 8.78. The number of aromatic nitrogens is 1. The van der Waals surface area contributed by atoms with Gasteiger partial charge in [-0.05, 0) is 36.6 Å². The van der Waals surface area contributed by atoms with Crippen molar-refractivity contribution < 1.29 is 4.79 Å². The molecule has 0 spiro atoms. The average molecular weight is 345 g/mol. The zero-order valence-corrected chi connectivity index (χ0v) is 14.9. The summed E-state index contributed by atoms with van der Waals surface area (Å²) < 4.78 is 0. The lowest BCUT2D eigenvalue weighted by molar-refractivity contribution is -0.115. The third-order valence-corrected chi connectivity index (χ3v) is 4.06. The number of benzene rings is 2. The number of nitrogens with one attached hydrogen (secondary N) is 2. The van der Waals surface area contributed by atoms with E-state index in [1.54, 1.807) is 6.20 Å². The third kappa shape index (κ3) is 5.45. The van der Waals surface area contributed by atoms with Crippen LogP contribution in [0.1, 0.15) is 16.7 Å². The second kappa shape index (κ2) is 8.81. The number of rotatable bonds is 7. The molecular weight excluding hydrogens is 322 g/mol. The zero-order chi connectivity index (χ0) is 18.2. The summed E-state index contributed by atoms with van der Waals surface area (Å²) in [4.78, 5) is 16.5. The molecule has 132 valence electrons. The van der Waals surface area contributed by atoms with E-state index in [0.29, 0.717) is 12.1 Å². The van der Waals surface area contributed by atoms with E-state index in [1.807, 2.05) is 61.5 Å². The molecule has 0 radical (unpaired) electrons. The van der Waals surface area contributed by atoms with Gasteiger partial charge in [0.15, 0.2) is 0 Å². The van der Waals surface area contributed by atoms with Crippen LogP contribution in [-0.4, -0.2) is 17.4 Å². The zero-order valence-electron chi connectivity index (χ0n) is 14.9. The van der Waals surface area contributed by atoms with E-state index < -0.39 is 0 Å². The molecule has 26 heavy (non-hydrogen) atoms. The van der Waals surface area contributed by atoms with Gasteiger partial charge in [0.05, 0.1) is 18.3 Å². The topological polar surface area (TPSA) is 54.0 Å². The van der Waals surface area contributed by atoms with Crippen molar-refractivity contribution in [3.63, 3.8) is 0 Å². The summed E-state index contributed by atoms with van der Waals surface area (Å²) in [6.07, 6.45) is 2.98. The molecule has 1 heterocycles. The first kappa shape index (κ1) is 17.7. The maximum absolute atomic E-state index is 12.2. The molecule has 0 bridgehead atoms. The summed E-state index contributed by atoms with van der Waals surface area (Å²) in [7, 11) is 0. The molecule has 2 aromatic carbocycles. The van der Waals surface area contributed by atoms with Crippen molar-refractivity contribution in [2.24, 2.45) is 0 Å². The Morgan fingerprint density at radius 1 is 0.962 bits per heavy atom. The Labute approximate surface area is 154 Å². The number of aryl methyl sites for hydroxylation is 1. The second-order valence-electron chi connectivity index (χ2n) is 6.31. The molecule has 0 aliphatic rings.